The van der Waals surface area contributed by atoms with Gasteiger partial charge in [0.1, 0.15) is 0 Å². The molecular weight excluding hydrogens is 417 g/mol. The van der Waals surface area contributed by atoms with Gasteiger partial charge in [-0.15, -0.1) is 0 Å². The number of ketones is 1. The molecule has 1 aliphatic heterocycles. The lowest BCUT2D eigenvalue weighted by atomic mass is 9.69. The summed E-state index contributed by atoms with van der Waals surface area (Å²) in [6, 6.07) is 11.3. The molecule has 2 aromatic rings. The molecular formula is C25H25Cl2NO2. The number of hydrogen-bond acceptors (Lipinski definition) is 2. The zero-order valence-electron chi connectivity index (χ0n) is 17.7. The van der Waals surface area contributed by atoms with Gasteiger partial charge in [-0.1, -0.05) is 49.2 Å². The third-order valence-electron chi connectivity index (χ3n) is 6.24. The van der Waals surface area contributed by atoms with Crippen LogP contribution in [0.1, 0.15) is 55.7 Å². The molecule has 5 heteroatoms. The number of carbonyl (C=O) groups excluding carboxylic acids is 2. The van der Waals surface area contributed by atoms with E-state index in [0.717, 1.165) is 22.5 Å². The Morgan fingerprint density at radius 1 is 0.967 bits per heavy atom. The van der Waals surface area contributed by atoms with Gasteiger partial charge in [0.2, 0.25) is 5.91 Å². The first kappa shape index (κ1) is 21.1. The van der Waals surface area contributed by atoms with Crippen LogP contribution in [0.2, 0.25) is 10.0 Å². The number of amides is 1. The van der Waals surface area contributed by atoms with E-state index in [9.17, 15) is 9.59 Å². The van der Waals surface area contributed by atoms with Crippen LogP contribution in [0.15, 0.2) is 47.7 Å². The van der Waals surface area contributed by atoms with Crippen LogP contribution in [0, 0.1) is 19.3 Å². The third kappa shape index (κ3) is 3.59. The first-order valence-electron chi connectivity index (χ1n) is 10.2. The monoisotopic (exact) mass is 441 g/mol. The molecule has 0 saturated carbocycles. The summed E-state index contributed by atoms with van der Waals surface area (Å²) in [5.41, 5.74) is 5.01. The Morgan fingerprint density at radius 2 is 1.63 bits per heavy atom. The minimum absolute atomic E-state index is 0.0384. The molecule has 0 spiro atoms. The van der Waals surface area contributed by atoms with Crippen molar-refractivity contribution in [3.63, 3.8) is 0 Å². The summed E-state index contributed by atoms with van der Waals surface area (Å²) in [6.07, 6.45) is 1.26. The molecule has 0 saturated heterocycles. The van der Waals surface area contributed by atoms with Gasteiger partial charge < -0.3 is 0 Å². The van der Waals surface area contributed by atoms with Crippen LogP contribution in [-0.2, 0) is 9.59 Å². The molecule has 1 unspecified atom stereocenters. The van der Waals surface area contributed by atoms with E-state index in [4.69, 9.17) is 23.2 Å². The third-order valence-corrected chi connectivity index (χ3v) is 6.90. The average molecular weight is 442 g/mol. The molecule has 4 rings (SSSR count). The van der Waals surface area contributed by atoms with E-state index in [1.54, 1.807) is 23.1 Å². The van der Waals surface area contributed by atoms with E-state index < -0.39 is 5.92 Å². The highest BCUT2D eigenvalue weighted by Gasteiger charge is 2.45. The number of anilines is 1. The molecule has 1 atom stereocenters. The summed E-state index contributed by atoms with van der Waals surface area (Å²) < 4.78 is 0. The molecule has 0 bridgehead atoms. The van der Waals surface area contributed by atoms with Crippen LogP contribution in [0.25, 0.3) is 0 Å². The van der Waals surface area contributed by atoms with Gasteiger partial charge >= 0.3 is 0 Å². The van der Waals surface area contributed by atoms with E-state index >= 15 is 0 Å². The van der Waals surface area contributed by atoms with Crippen LogP contribution in [0.4, 0.5) is 5.69 Å². The van der Waals surface area contributed by atoms with Crippen LogP contribution in [0.3, 0.4) is 0 Å². The summed E-state index contributed by atoms with van der Waals surface area (Å²) >= 11 is 13.0. The van der Waals surface area contributed by atoms with Crippen molar-refractivity contribution in [3.05, 3.63) is 74.4 Å². The van der Waals surface area contributed by atoms with Gasteiger partial charge in [0, 0.05) is 45.8 Å². The maximum Gasteiger partial charge on any atom is 0.232 e. The summed E-state index contributed by atoms with van der Waals surface area (Å²) in [7, 11) is 0. The van der Waals surface area contributed by atoms with Gasteiger partial charge in [-0.2, -0.15) is 0 Å². The Kier molecular flexibility index (Phi) is 5.32. The summed E-state index contributed by atoms with van der Waals surface area (Å²) in [6.45, 7) is 8.23. The van der Waals surface area contributed by atoms with E-state index in [1.165, 1.54) is 0 Å². The van der Waals surface area contributed by atoms with Crippen molar-refractivity contribution in [2.24, 2.45) is 5.41 Å². The van der Waals surface area contributed by atoms with Crippen molar-refractivity contribution in [1.82, 2.24) is 0 Å². The van der Waals surface area contributed by atoms with Crippen LogP contribution < -0.4 is 4.90 Å². The topological polar surface area (TPSA) is 37.4 Å². The molecule has 30 heavy (non-hydrogen) atoms. The SMILES string of the molecule is Cc1ccc(N2C(=O)CC(c3c(Cl)cccc3Cl)C3=C2CC(C)(C)CC3=O)cc1C. The van der Waals surface area contributed by atoms with Crippen LogP contribution >= 0.6 is 23.2 Å². The van der Waals surface area contributed by atoms with Gasteiger partial charge in [0.15, 0.2) is 5.78 Å². The summed E-state index contributed by atoms with van der Waals surface area (Å²) in [5, 5.41) is 0.980. The number of carbonyl (C=O) groups is 2. The maximum absolute atomic E-state index is 13.5. The predicted octanol–water partition coefficient (Wildman–Crippen LogP) is 6.77. The fourth-order valence-corrected chi connectivity index (χ4v) is 5.33. The number of nitrogens with zero attached hydrogens (tertiary/aromatic N) is 1. The Labute approximate surface area is 187 Å². The number of aryl methyl sites for hydroxylation is 2. The van der Waals surface area contributed by atoms with Crippen LogP contribution in [0.5, 0.6) is 0 Å². The minimum atomic E-state index is -0.417. The lowest BCUT2D eigenvalue weighted by molar-refractivity contribution is -0.120. The highest BCUT2D eigenvalue weighted by molar-refractivity contribution is 6.36. The fraction of sp³-hybridized carbons (Fsp3) is 0.360. The minimum Gasteiger partial charge on any atom is -0.294 e. The molecule has 2 aromatic carbocycles. The van der Waals surface area contributed by atoms with Crippen molar-refractivity contribution < 1.29 is 9.59 Å². The lowest BCUT2D eigenvalue weighted by Crippen LogP contribution is -2.43. The van der Waals surface area contributed by atoms with E-state index in [0.29, 0.717) is 34.0 Å². The van der Waals surface area contributed by atoms with Gasteiger partial charge in [-0.3, -0.25) is 14.5 Å². The number of halogens is 2. The molecule has 1 heterocycles. The Bertz CT molecular complexity index is 1080. The fourth-order valence-electron chi connectivity index (χ4n) is 4.67. The smallest absolute Gasteiger partial charge is 0.232 e. The Hall–Kier alpha value is -2.10. The number of Topliss-reactive ketones (excluding diaryl/α,β-unsaturated/α-hetero) is 1. The standard InChI is InChI=1S/C25H25Cl2NO2/c1-14-8-9-16(10-15(14)2)28-20-12-25(3,4)13-21(29)24(20)17(11-22(28)30)23-18(26)6-5-7-19(23)27/h5-10,17H,11-13H2,1-4H3. The highest BCUT2D eigenvalue weighted by atomic mass is 35.5. The highest BCUT2D eigenvalue weighted by Crippen LogP contribution is 2.50. The molecule has 0 N–H and O–H groups in total. The zero-order chi connectivity index (χ0) is 21.8. The normalized spacial score (nSPS) is 21.1. The maximum atomic E-state index is 13.5. The van der Waals surface area contributed by atoms with E-state index in [2.05, 4.69) is 13.8 Å². The second-order valence-electron chi connectivity index (χ2n) is 9.19. The zero-order valence-corrected chi connectivity index (χ0v) is 19.2. The van der Waals surface area contributed by atoms with E-state index in [-0.39, 0.29) is 23.5 Å². The van der Waals surface area contributed by atoms with Crippen LogP contribution in [-0.4, -0.2) is 11.7 Å². The lowest BCUT2D eigenvalue weighted by Gasteiger charge is -2.43. The number of allylic oxidation sites excluding steroid dienone is 2. The summed E-state index contributed by atoms with van der Waals surface area (Å²) in [5.74, 6) is -0.382. The second-order valence-corrected chi connectivity index (χ2v) is 10.0. The molecule has 1 amide bonds. The van der Waals surface area contributed by atoms with Gasteiger partial charge in [-0.25, -0.2) is 0 Å². The van der Waals surface area contributed by atoms with Crippen molar-refractivity contribution in [2.45, 2.75) is 52.9 Å². The van der Waals surface area contributed by atoms with Crippen molar-refractivity contribution in [2.75, 3.05) is 4.90 Å². The average Bonchev–Trinajstić information content (AvgIpc) is 2.62. The van der Waals surface area contributed by atoms with Crippen molar-refractivity contribution in [1.29, 1.82) is 0 Å². The van der Waals surface area contributed by atoms with E-state index in [1.807, 2.05) is 32.0 Å². The number of rotatable bonds is 2. The molecule has 0 aromatic heterocycles. The van der Waals surface area contributed by atoms with Crippen molar-refractivity contribution in [3.8, 4) is 0 Å². The molecule has 0 fully saturated rings. The largest absolute Gasteiger partial charge is 0.294 e. The number of benzene rings is 2. The Morgan fingerprint density at radius 3 is 2.27 bits per heavy atom. The first-order valence-corrected chi connectivity index (χ1v) is 10.9. The molecule has 0 radical (unpaired) electrons. The molecule has 2 aliphatic rings. The quantitative estimate of drug-likeness (QED) is 0.515. The summed E-state index contributed by atoms with van der Waals surface area (Å²) in [4.78, 5) is 28.6. The second kappa shape index (κ2) is 7.55. The number of hydrogen-bond donors (Lipinski definition) is 0. The van der Waals surface area contributed by atoms with Gasteiger partial charge in [0.25, 0.3) is 0 Å². The molecule has 156 valence electrons. The Balaban J connectivity index is 1.95. The molecule has 1 aliphatic carbocycles. The van der Waals surface area contributed by atoms with Gasteiger partial charge in [-0.05, 0) is 66.6 Å². The predicted molar refractivity (Wildman–Crippen MR) is 122 cm³/mol. The molecule has 3 nitrogen and oxygen atoms in total. The van der Waals surface area contributed by atoms with Crippen molar-refractivity contribution >= 4 is 40.6 Å². The van der Waals surface area contributed by atoms with Gasteiger partial charge in [0.05, 0.1) is 0 Å². The first-order chi connectivity index (χ1) is 14.1.